The van der Waals surface area contributed by atoms with Crippen molar-refractivity contribution in [1.29, 1.82) is 0 Å². The van der Waals surface area contributed by atoms with Crippen LogP contribution in [0, 0.1) is 0 Å². The molecule has 0 bridgehead atoms. The molecule has 0 unspecified atom stereocenters. The number of nitrogens with zero attached hydrogens (tertiary/aromatic N) is 3. The maximum atomic E-state index is 13.0. The highest BCUT2D eigenvalue weighted by Crippen LogP contribution is 2.38. The molecule has 1 atom stereocenters. The monoisotopic (exact) mass is 441 g/mol. The molecule has 0 saturated carbocycles. The van der Waals surface area contributed by atoms with E-state index in [1.807, 2.05) is 40.6 Å². The highest BCUT2D eigenvalue weighted by Gasteiger charge is 2.30. The second kappa shape index (κ2) is 8.58. The topological polar surface area (TPSA) is 86.8 Å². The number of ether oxygens (including phenoxy) is 2. The normalized spacial score (nSPS) is 18.2. The molecule has 1 aromatic carbocycles. The van der Waals surface area contributed by atoms with Crippen LogP contribution in [-0.4, -0.2) is 40.3 Å². The molecule has 3 aromatic rings. The maximum Gasteiger partial charge on any atom is 0.437 e. The molecule has 31 heavy (non-hydrogen) atoms. The predicted octanol–water partition coefficient (Wildman–Crippen LogP) is 3.48. The molecule has 9 heteroatoms. The molecule has 1 saturated heterocycles. The largest absolute Gasteiger partial charge is 0.490 e. The number of carbonyl (C=O) groups excluding carboxylic acids is 1. The standard InChI is InChI=1S/C22H23N3O5S/c26-20(8-10-25-22(27)30-21(23-25)19-5-2-13-31-19)24-9-1-4-16(24)15-6-7-17-18(14-15)29-12-3-11-28-17/h2,5-7,13-14,16H,1,3-4,8-12H2/t16-/m0/s1. The zero-order chi connectivity index (χ0) is 21.2. The number of thiophene rings is 1. The fourth-order valence-corrected chi connectivity index (χ4v) is 4.74. The molecule has 0 N–H and O–H groups in total. The summed E-state index contributed by atoms with van der Waals surface area (Å²) in [6.45, 7) is 2.17. The number of carbonyl (C=O) groups is 1. The molecule has 0 aliphatic carbocycles. The Hall–Kier alpha value is -3.07. The van der Waals surface area contributed by atoms with Crippen LogP contribution in [0.4, 0.5) is 0 Å². The third-order valence-corrected chi connectivity index (χ3v) is 6.46. The average Bonchev–Trinajstić information content (AvgIpc) is 3.51. The summed E-state index contributed by atoms with van der Waals surface area (Å²) in [7, 11) is 0. The zero-order valence-corrected chi connectivity index (χ0v) is 17.8. The van der Waals surface area contributed by atoms with Crippen molar-refractivity contribution in [1.82, 2.24) is 14.7 Å². The molecular formula is C22H23N3O5S. The van der Waals surface area contributed by atoms with Gasteiger partial charge in [-0.1, -0.05) is 12.1 Å². The Balaban J connectivity index is 1.27. The van der Waals surface area contributed by atoms with Crippen LogP contribution in [0.5, 0.6) is 11.5 Å². The Bertz CT molecular complexity index is 1120. The summed E-state index contributed by atoms with van der Waals surface area (Å²) in [4.78, 5) is 27.8. The number of rotatable bonds is 5. The molecule has 2 aliphatic heterocycles. The van der Waals surface area contributed by atoms with Crippen molar-refractivity contribution >= 4 is 17.2 Å². The molecule has 8 nitrogen and oxygen atoms in total. The van der Waals surface area contributed by atoms with E-state index in [9.17, 15) is 9.59 Å². The van der Waals surface area contributed by atoms with Crippen LogP contribution in [0.1, 0.15) is 37.3 Å². The third kappa shape index (κ3) is 4.10. The van der Waals surface area contributed by atoms with E-state index in [1.54, 1.807) is 0 Å². The second-order valence-electron chi connectivity index (χ2n) is 7.63. The van der Waals surface area contributed by atoms with E-state index in [4.69, 9.17) is 13.9 Å². The first kappa shape index (κ1) is 19.9. The van der Waals surface area contributed by atoms with Gasteiger partial charge in [-0.2, -0.15) is 4.68 Å². The van der Waals surface area contributed by atoms with Gasteiger partial charge in [0.1, 0.15) is 0 Å². The SMILES string of the molecule is O=C(CCn1nc(-c2cccs2)oc1=O)N1CCC[C@H]1c1ccc2c(c1)OCCCO2. The number of hydrogen-bond acceptors (Lipinski definition) is 7. The first-order valence-electron chi connectivity index (χ1n) is 10.5. The lowest BCUT2D eigenvalue weighted by atomic mass is 10.0. The smallest absolute Gasteiger partial charge is 0.437 e. The molecule has 0 radical (unpaired) electrons. The molecule has 4 heterocycles. The van der Waals surface area contributed by atoms with Gasteiger partial charge in [0.15, 0.2) is 11.5 Å². The molecule has 0 spiro atoms. The molecule has 2 aliphatic rings. The molecular weight excluding hydrogens is 418 g/mol. The van der Waals surface area contributed by atoms with Gasteiger partial charge in [0.05, 0.1) is 30.7 Å². The van der Waals surface area contributed by atoms with Gasteiger partial charge in [0, 0.05) is 19.4 Å². The van der Waals surface area contributed by atoms with Crippen molar-refractivity contribution in [2.24, 2.45) is 0 Å². The minimum absolute atomic E-state index is 0.000337. The lowest BCUT2D eigenvalue weighted by molar-refractivity contribution is -0.132. The lowest BCUT2D eigenvalue weighted by Gasteiger charge is -2.25. The summed E-state index contributed by atoms with van der Waals surface area (Å²) in [5, 5.41) is 6.13. The van der Waals surface area contributed by atoms with Crippen molar-refractivity contribution in [2.75, 3.05) is 19.8 Å². The summed E-state index contributed by atoms with van der Waals surface area (Å²) >= 11 is 1.45. The number of likely N-dealkylation sites (tertiary alicyclic amines) is 1. The van der Waals surface area contributed by atoms with Gasteiger partial charge in [-0.25, -0.2) is 4.79 Å². The van der Waals surface area contributed by atoms with Crippen LogP contribution in [0.2, 0.25) is 0 Å². The lowest BCUT2D eigenvalue weighted by Crippen LogP contribution is -2.32. The highest BCUT2D eigenvalue weighted by atomic mass is 32.1. The third-order valence-electron chi connectivity index (χ3n) is 5.61. The Labute approximate surface area is 183 Å². The van der Waals surface area contributed by atoms with Crippen LogP contribution in [0.3, 0.4) is 0 Å². The van der Waals surface area contributed by atoms with Crippen molar-refractivity contribution in [3.8, 4) is 22.3 Å². The number of aromatic nitrogens is 2. The molecule has 162 valence electrons. The van der Waals surface area contributed by atoms with E-state index in [2.05, 4.69) is 5.10 Å². The Morgan fingerprint density at radius 1 is 1.16 bits per heavy atom. The quantitative estimate of drug-likeness (QED) is 0.603. The summed E-state index contributed by atoms with van der Waals surface area (Å²) in [5.74, 6) is 1.24. The minimum atomic E-state index is -0.544. The Kier molecular flexibility index (Phi) is 5.50. The van der Waals surface area contributed by atoms with Gasteiger partial charge in [-0.05, 0) is 42.0 Å². The van der Waals surface area contributed by atoms with Crippen molar-refractivity contribution in [3.05, 3.63) is 51.8 Å². The van der Waals surface area contributed by atoms with Crippen molar-refractivity contribution < 1.29 is 18.7 Å². The van der Waals surface area contributed by atoms with E-state index in [1.165, 1.54) is 16.0 Å². The Morgan fingerprint density at radius 2 is 2.03 bits per heavy atom. The maximum absolute atomic E-state index is 13.0. The van der Waals surface area contributed by atoms with Gasteiger partial charge in [0.2, 0.25) is 5.91 Å². The molecule has 1 amide bonds. The summed E-state index contributed by atoms with van der Waals surface area (Å²) in [5.41, 5.74) is 1.05. The molecule has 5 rings (SSSR count). The van der Waals surface area contributed by atoms with E-state index >= 15 is 0 Å². The predicted molar refractivity (Wildman–Crippen MR) is 114 cm³/mol. The van der Waals surface area contributed by atoms with Gasteiger partial charge in [0.25, 0.3) is 5.89 Å². The summed E-state index contributed by atoms with van der Waals surface area (Å²) in [6, 6.07) is 9.65. The number of amides is 1. The van der Waals surface area contributed by atoms with Crippen LogP contribution in [0.25, 0.3) is 10.8 Å². The summed E-state index contributed by atoms with van der Waals surface area (Å²) < 4.78 is 18.0. The van der Waals surface area contributed by atoms with E-state index in [-0.39, 0.29) is 24.9 Å². The van der Waals surface area contributed by atoms with Crippen LogP contribution in [-0.2, 0) is 11.3 Å². The number of aryl methyl sites for hydroxylation is 1. The van der Waals surface area contributed by atoms with E-state index in [0.717, 1.165) is 41.2 Å². The number of fused-ring (bicyclic) bond motifs is 1. The van der Waals surface area contributed by atoms with Crippen LogP contribution < -0.4 is 15.2 Å². The van der Waals surface area contributed by atoms with Gasteiger partial charge >= 0.3 is 5.76 Å². The first-order valence-corrected chi connectivity index (χ1v) is 11.4. The number of benzene rings is 1. The van der Waals surface area contributed by atoms with Gasteiger partial charge in [-0.3, -0.25) is 4.79 Å². The van der Waals surface area contributed by atoms with Crippen LogP contribution in [0.15, 0.2) is 44.9 Å². The fourth-order valence-electron chi connectivity index (χ4n) is 4.09. The molecule has 1 fully saturated rings. The van der Waals surface area contributed by atoms with E-state index < -0.39 is 5.76 Å². The fraction of sp³-hybridized carbons (Fsp3) is 0.409. The first-order chi connectivity index (χ1) is 15.2. The number of hydrogen-bond donors (Lipinski definition) is 0. The highest BCUT2D eigenvalue weighted by molar-refractivity contribution is 7.13. The van der Waals surface area contributed by atoms with E-state index in [0.29, 0.717) is 25.6 Å². The summed E-state index contributed by atoms with van der Waals surface area (Å²) in [6.07, 6.45) is 2.89. The van der Waals surface area contributed by atoms with Crippen molar-refractivity contribution in [3.63, 3.8) is 0 Å². The molecule has 2 aromatic heterocycles. The minimum Gasteiger partial charge on any atom is -0.490 e. The van der Waals surface area contributed by atoms with Crippen LogP contribution >= 0.6 is 11.3 Å². The van der Waals surface area contributed by atoms with Crippen molar-refractivity contribution in [2.45, 2.75) is 38.3 Å². The average molecular weight is 442 g/mol. The Morgan fingerprint density at radius 3 is 2.87 bits per heavy atom. The second-order valence-corrected chi connectivity index (χ2v) is 8.57. The van der Waals surface area contributed by atoms with Gasteiger partial charge < -0.3 is 18.8 Å². The van der Waals surface area contributed by atoms with Gasteiger partial charge in [-0.15, -0.1) is 16.4 Å². The zero-order valence-electron chi connectivity index (χ0n) is 17.0.